The number of aliphatic hydroxyl groups is 1. The molecule has 9 nitrogen and oxygen atoms in total. The van der Waals surface area contributed by atoms with E-state index >= 15 is 0 Å². The SMILES string of the molecule is C[Si](C)(C)CCOCn1nccc1-c1cc(C(=O)Nc2ccc(OC(F)(F)F)c(F)c2)cnc1N1CCC(O)C1. The third-order valence-corrected chi connectivity index (χ3v) is 7.91. The van der Waals surface area contributed by atoms with Gasteiger partial charge >= 0.3 is 6.36 Å². The van der Waals surface area contributed by atoms with Crippen molar-refractivity contribution in [2.75, 3.05) is 29.9 Å². The summed E-state index contributed by atoms with van der Waals surface area (Å²) >= 11 is 0. The van der Waals surface area contributed by atoms with Crippen molar-refractivity contribution in [1.82, 2.24) is 14.8 Å². The van der Waals surface area contributed by atoms with E-state index in [1.165, 1.54) is 6.20 Å². The van der Waals surface area contributed by atoms with Crippen molar-refractivity contribution in [1.29, 1.82) is 0 Å². The zero-order valence-corrected chi connectivity index (χ0v) is 23.3. The molecule has 0 bridgehead atoms. The van der Waals surface area contributed by atoms with Crippen molar-refractivity contribution < 1.29 is 36.9 Å². The van der Waals surface area contributed by atoms with Crippen LogP contribution in [-0.2, 0) is 11.5 Å². The van der Waals surface area contributed by atoms with Gasteiger partial charge in [-0.25, -0.2) is 14.1 Å². The number of β-amino-alcohol motifs (C(OH)–C–C–N with tert-alkyl or cyclic N) is 1. The topological polar surface area (TPSA) is 102 Å². The number of alkyl halides is 3. The first-order valence-corrected chi connectivity index (χ1v) is 16.4. The van der Waals surface area contributed by atoms with Gasteiger partial charge < -0.3 is 24.8 Å². The standard InChI is InChI=1S/C26H31F4N5O4Si/c1-40(2,3)11-10-38-16-35-22(6-8-32-35)20-12-17(14-31-24(20)34-9-7-19(36)15-34)25(37)33-18-4-5-23(21(27)13-18)39-26(28,29)30/h4-6,8,12-14,19,36H,7,9-11,15-16H2,1-3H3,(H,33,37). The van der Waals surface area contributed by atoms with Crippen LogP contribution in [0.1, 0.15) is 16.8 Å². The minimum atomic E-state index is -5.05. The Morgan fingerprint density at radius 3 is 2.65 bits per heavy atom. The molecule has 4 rings (SSSR count). The first kappa shape index (κ1) is 29.5. The molecule has 1 amide bonds. The van der Waals surface area contributed by atoms with Gasteiger partial charge in [0.1, 0.15) is 12.5 Å². The van der Waals surface area contributed by atoms with Crippen LogP contribution in [0.5, 0.6) is 5.75 Å². The number of nitrogens with one attached hydrogen (secondary N) is 1. The Kier molecular flexibility index (Phi) is 8.80. The summed E-state index contributed by atoms with van der Waals surface area (Å²) < 4.78 is 62.6. The second-order valence-corrected chi connectivity index (χ2v) is 16.3. The predicted molar refractivity (Wildman–Crippen MR) is 143 cm³/mol. The molecule has 1 unspecified atom stereocenters. The number of aliphatic hydroxyl groups excluding tert-OH is 1. The fourth-order valence-electron chi connectivity index (χ4n) is 4.14. The number of carbonyl (C=O) groups excluding carboxylic acids is 1. The maximum absolute atomic E-state index is 14.1. The molecule has 2 aromatic heterocycles. The number of hydrogen-bond acceptors (Lipinski definition) is 7. The molecule has 2 N–H and O–H groups in total. The summed E-state index contributed by atoms with van der Waals surface area (Å²) in [5.74, 6) is -2.39. The van der Waals surface area contributed by atoms with E-state index in [0.29, 0.717) is 43.2 Å². The molecule has 3 aromatic rings. The largest absolute Gasteiger partial charge is 0.573 e. The lowest BCUT2D eigenvalue weighted by atomic mass is 10.1. The fourth-order valence-corrected chi connectivity index (χ4v) is 4.90. The van der Waals surface area contributed by atoms with Gasteiger partial charge in [0.15, 0.2) is 11.6 Å². The number of ether oxygens (including phenoxy) is 2. The molecule has 3 heterocycles. The van der Waals surface area contributed by atoms with E-state index in [0.717, 1.165) is 24.2 Å². The summed E-state index contributed by atoms with van der Waals surface area (Å²) in [6.45, 7) is 8.49. The number of aromatic nitrogens is 3. The van der Waals surface area contributed by atoms with Crippen LogP contribution in [-0.4, -0.2) is 66.0 Å². The predicted octanol–water partition coefficient (Wildman–Crippen LogP) is 5.12. The minimum Gasteiger partial charge on any atom is -0.403 e. The second kappa shape index (κ2) is 11.9. The zero-order chi connectivity index (χ0) is 29.1. The number of rotatable bonds is 10. The third-order valence-electron chi connectivity index (χ3n) is 6.21. The van der Waals surface area contributed by atoms with Crippen molar-refractivity contribution in [2.24, 2.45) is 0 Å². The molecule has 0 radical (unpaired) electrons. The lowest BCUT2D eigenvalue weighted by Crippen LogP contribution is -2.24. The molecule has 14 heteroatoms. The Labute approximate surface area is 229 Å². The van der Waals surface area contributed by atoms with Gasteiger partial charge in [-0.1, -0.05) is 19.6 Å². The van der Waals surface area contributed by atoms with E-state index < -0.39 is 38.0 Å². The maximum atomic E-state index is 14.1. The third kappa shape index (κ3) is 7.79. The molecule has 1 aliphatic heterocycles. The maximum Gasteiger partial charge on any atom is 0.573 e. The van der Waals surface area contributed by atoms with Crippen LogP contribution >= 0.6 is 0 Å². The number of amides is 1. The highest BCUT2D eigenvalue weighted by molar-refractivity contribution is 6.76. The van der Waals surface area contributed by atoms with E-state index in [1.54, 1.807) is 23.0 Å². The molecule has 0 aliphatic carbocycles. The van der Waals surface area contributed by atoms with Gasteiger partial charge in [-0.15, -0.1) is 13.2 Å². The lowest BCUT2D eigenvalue weighted by molar-refractivity contribution is -0.275. The Hall–Kier alpha value is -3.49. The van der Waals surface area contributed by atoms with Crippen LogP contribution in [0.25, 0.3) is 11.3 Å². The quantitative estimate of drug-likeness (QED) is 0.195. The van der Waals surface area contributed by atoms with E-state index in [9.17, 15) is 27.5 Å². The van der Waals surface area contributed by atoms with Gasteiger partial charge in [-0.2, -0.15) is 5.10 Å². The Bertz CT molecular complexity index is 1350. The molecular weight excluding hydrogens is 550 g/mol. The summed E-state index contributed by atoms with van der Waals surface area (Å²) in [5.41, 5.74) is 1.28. The fraction of sp³-hybridized carbons (Fsp3) is 0.423. The van der Waals surface area contributed by atoms with Crippen molar-refractivity contribution >= 4 is 25.5 Å². The lowest BCUT2D eigenvalue weighted by Gasteiger charge is -2.21. The molecule has 1 aliphatic rings. The molecule has 1 saturated heterocycles. The number of hydrogen-bond donors (Lipinski definition) is 2. The Balaban J connectivity index is 1.58. The molecule has 0 spiro atoms. The molecule has 1 aromatic carbocycles. The van der Waals surface area contributed by atoms with Crippen molar-refractivity contribution in [3.8, 4) is 17.0 Å². The van der Waals surface area contributed by atoms with Crippen LogP contribution in [0.3, 0.4) is 0 Å². The summed E-state index contributed by atoms with van der Waals surface area (Å²) in [7, 11) is -1.28. The number of carbonyl (C=O) groups is 1. The van der Waals surface area contributed by atoms with Crippen LogP contribution in [0.4, 0.5) is 29.1 Å². The molecule has 216 valence electrons. The second-order valence-electron chi connectivity index (χ2n) is 10.7. The van der Waals surface area contributed by atoms with Gasteiger partial charge in [-0.3, -0.25) is 4.79 Å². The first-order valence-electron chi connectivity index (χ1n) is 12.7. The van der Waals surface area contributed by atoms with Gasteiger partial charge in [-0.05, 0) is 36.7 Å². The number of benzene rings is 1. The first-order chi connectivity index (χ1) is 18.8. The zero-order valence-electron chi connectivity index (χ0n) is 22.3. The van der Waals surface area contributed by atoms with Gasteiger partial charge in [0, 0.05) is 57.5 Å². The van der Waals surface area contributed by atoms with Crippen LogP contribution in [0.2, 0.25) is 25.7 Å². The van der Waals surface area contributed by atoms with Crippen molar-refractivity contribution in [3.05, 3.63) is 54.1 Å². The smallest absolute Gasteiger partial charge is 0.403 e. The highest BCUT2D eigenvalue weighted by Gasteiger charge is 2.32. The average molecular weight is 582 g/mol. The molecule has 1 atom stereocenters. The summed E-state index contributed by atoms with van der Waals surface area (Å²) in [4.78, 5) is 19.5. The number of anilines is 2. The number of halogens is 4. The highest BCUT2D eigenvalue weighted by atomic mass is 28.3. The molecule has 1 fully saturated rings. The summed E-state index contributed by atoms with van der Waals surface area (Å²) in [6.07, 6.45) is -2.03. The average Bonchev–Trinajstić information content (AvgIpc) is 3.51. The molecule has 40 heavy (non-hydrogen) atoms. The summed E-state index contributed by atoms with van der Waals surface area (Å²) in [6, 6.07) is 6.98. The van der Waals surface area contributed by atoms with Crippen LogP contribution in [0.15, 0.2) is 42.7 Å². The van der Waals surface area contributed by atoms with Crippen molar-refractivity contribution in [2.45, 2.75) is 51.3 Å². The van der Waals surface area contributed by atoms with E-state index in [4.69, 9.17) is 4.74 Å². The highest BCUT2D eigenvalue weighted by Crippen LogP contribution is 2.33. The van der Waals surface area contributed by atoms with Gasteiger partial charge in [0.25, 0.3) is 5.91 Å². The van der Waals surface area contributed by atoms with E-state index in [1.807, 2.05) is 4.90 Å². The molecule has 0 saturated carbocycles. The van der Waals surface area contributed by atoms with Crippen LogP contribution < -0.4 is 15.0 Å². The minimum absolute atomic E-state index is 0.0637. The van der Waals surface area contributed by atoms with Gasteiger partial charge in [0.05, 0.1) is 17.4 Å². The summed E-state index contributed by atoms with van der Waals surface area (Å²) in [5, 5.41) is 16.9. The Morgan fingerprint density at radius 2 is 2.00 bits per heavy atom. The van der Waals surface area contributed by atoms with Crippen molar-refractivity contribution in [3.63, 3.8) is 0 Å². The van der Waals surface area contributed by atoms with E-state index in [-0.39, 0.29) is 18.0 Å². The number of pyridine rings is 1. The monoisotopic (exact) mass is 581 g/mol. The van der Waals surface area contributed by atoms with E-state index in [2.05, 4.69) is 39.8 Å². The number of nitrogens with zero attached hydrogens (tertiary/aromatic N) is 4. The van der Waals surface area contributed by atoms with Crippen LogP contribution in [0, 0.1) is 5.82 Å². The van der Waals surface area contributed by atoms with Gasteiger partial charge in [0.2, 0.25) is 0 Å². The Morgan fingerprint density at radius 1 is 1.23 bits per heavy atom. The molecular formula is C26H31F4N5O4Si. The normalized spacial score (nSPS) is 15.9.